The number of nitrogens with one attached hydrogen (secondary N) is 1. The maximum absolute atomic E-state index is 11.9. The van der Waals surface area contributed by atoms with E-state index in [4.69, 9.17) is 16.3 Å². The Morgan fingerprint density at radius 1 is 1.36 bits per heavy atom. The summed E-state index contributed by atoms with van der Waals surface area (Å²) in [5, 5.41) is 0.255. The summed E-state index contributed by atoms with van der Waals surface area (Å²) in [4.78, 5) is 15.8. The van der Waals surface area contributed by atoms with Crippen LogP contribution in [0.5, 0.6) is 0 Å². The molecular formula is C14H15ClN2O4S. The lowest BCUT2D eigenvalue weighted by Crippen LogP contribution is -2.22. The van der Waals surface area contributed by atoms with Gasteiger partial charge in [0.25, 0.3) is 10.0 Å². The molecule has 0 saturated carbocycles. The summed E-state index contributed by atoms with van der Waals surface area (Å²) in [6, 6.07) is 6.61. The molecule has 1 aromatic carbocycles. The molecule has 0 atom stereocenters. The van der Waals surface area contributed by atoms with Gasteiger partial charge in [-0.2, -0.15) is 0 Å². The molecule has 6 nitrogen and oxygen atoms in total. The summed E-state index contributed by atoms with van der Waals surface area (Å²) in [5.41, 5.74) is 0.545. The predicted molar refractivity (Wildman–Crippen MR) is 83.4 cm³/mol. The van der Waals surface area contributed by atoms with Crippen LogP contribution >= 0.6 is 11.6 Å². The molecular weight excluding hydrogens is 328 g/mol. The molecule has 0 bridgehead atoms. The summed E-state index contributed by atoms with van der Waals surface area (Å²) in [6.07, 6.45) is 0.621. The average Bonchev–Trinajstić information content (AvgIpc) is 2.73. The maximum Gasteiger partial charge on any atom is 0.306 e. The molecule has 0 saturated heterocycles. The number of benzene rings is 1. The third kappa shape index (κ3) is 4.08. The Balaban J connectivity index is 1.90. The van der Waals surface area contributed by atoms with Crippen molar-refractivity contribution in [3.05, 3.63) is 41.4 Å². The van der Waals surface area contributed by atoms with E-state index in [1.807, 2.05) is 0 Å². The maximum atomic E-state index is 11.9. The van der Waals surface area contributed by atoms with Gasteiger partial charge in [-0.15, -0.1) is 0 Å². The van der Waals surface area contributed by atoms with Crippen LogP contribution < -0.4 is 4.72 Å². The van der Waals surface area contributed by atoms with Crippen LogP contribution in [0.4, 0.5) is 0 Å². The SMILES string of the molecule is C=C(Cl)COC(=O)CCCN=C1NS(=O)(=O)c2ccccc21. The number of carbonyl (C=O) groups excluding carboxylic acids is 1. The van der Waals surface area contributed by atoms with Gasteiger partial charge in [-0.1, -0.05) is 30.3 Å². The first-order chi connectivity index (χ1) is 10.4. The lowest BCUT2D eigenvalue weighted by atomic mass is 10.2. The van der Waals surface area contributed by atoms with E-state index in [1.54, 1.807) is 18.2 Å². The number of sulfonamides is 1. The summed E-state index contributed by atoms with van der Waals surface area (Å²) in [5.74, 6) is -0.0903. The molecule has 0 fully saturated rings. The third-order valence-corrected chi connectivity index (χ3v) is 4.37. The zero-order chi connectivity index (χ0) is 16.2. The van der Waals surface area contributed by atoms with E-state index in [0.29, 0.717) is 24.4 Å². The van der Waals surface area contributed by atoms with Crippen molar-refractivity contribution in [1.29, 1.82) is 0 Å². The van der Waals surface area contributed by atoms with Gasteiger partial charge in [-0.05, 0) is 18.6 Å². The number of rotatable bonds is 6. The molecule has 0 spiro atoms. The van der Waals surface area contributed by atoms with Crippen LogP contribution in [0, 0.1) is 0 Å². The Morgan fingerprint density at radius 2 is 2.09 bits per heavy atom. The lowest BCUT2D eigenvalue weighted by Gasteiger charge is -2.02. The second kappa shape index (κ2) is 6.93. The fourth-order valence-electron chi connectivity index (χ4n) is 1.90. The molecule has 0 aliphatic carbocycles. The number of esters is 1. The Bertz CT molecular complexity index is 728. The molecule has 1 N–H and O–H groups in total. The van der Waals surface area contributed by atoms with Crippen molar-refractivity contribution >= 4 is 33.4 Å². The van der Waals surface area contributed by atoms with Crippen LogP contribution in [0.3, 0.4) is 0 Å². The van der Waals surface area contributed by atoms with Gasteiger partial charge in [-0.25, -0.2) is 8.42 Å². The van der Waals surface area contributed by atoms with E-state index in [2.05, 4.69) is 16.3 Å². The smallest absolute Gasteiger partial charge is 0.306 e. The highest BCUT2D eigenvalue weighted by Crippen LogP contribution is 2.22. The summed E-state index contributed by atoms with van der Waals surface area (Å²) in [7, 11) is -3.52. The normalized spacial score (nSPS) is 16.9. The van der Waals surface area contributed by atoms with E-state index in [0.717, 1.165) is 0 Å². The number of ether oxygens (including phenoxy) is 1. The van der Waals surface area contributed by atoms with E-state index < -0.39 is 16.0 Å². The number of fused-ring (bicyclic) bond motifs is 1. The van der Waals surface area contributed by atoms with E-state index in [9.17, 15) is 13.2 Å². The number of aliphatic imine (C=N–C) groups is 1. The number of nitrogens with zero attached hydrogens (tertiary/aromatic N) is 1. The summed E-state index contributed by atoms with van der Waals surface area (Å²) < 4.78 is 31.0. The van der Waals surface area contributed by atoms with Crippen LogP contribution in [-0.2, 0) is 19.6 Å². The van der Waals surface area contributed by atoms with Gasteiger partial charge in [0.2, 0.25) is 0 Å². The molecule has 0 unspecified atom stereocenters. The molecule has 1 heterocycles. The monoisotopic (exact) mass is 342 g/mol. The Hall–Kier alpha value is -1.86. The zero-order valence-corrected chi connectivity index (χ0v) is 13.3. The van der Waals surface area contributed by atoms with Crippen molar-refractivity contribution < 1.29 is 17.9 Å². The van der Waals surface area contributed by atoms with Crippen molar-refractivity contribution in [3.63, 3.8) is 0 Å². The zero-order valence-electron chi connectivity index (χ0n) is 11.7. The molecule has 0 radical (unpaired) electrons. The Kier molecular flexibility index (Phi) is 5.20. The predicted octanol–water partition coefficient (Wildman–Crippen LogP) is 1.80. The Labute approximate surface area is 133 Å². The first kappa shape index (κ1) is 16.5. The fourth-order valence-corrected chi connectivity index (χ4v) is 3.20. The van der Waals surface area contributed by atoms with Gasteiger partial charge in [0.1, 0.15) is 12.4 Å². The van der Waals surface area contributed by atoms with E-state index in [-0.39, 0.29) is 23.0 Å². The molecule has 0 aromatic heterocycles. The molecule has 118 valence electrons. The van der Waals surface area contributed by atoms with Gasteiger partial charge in [0.05, 0.1) is 4.90 Å². The largest absolute Gasteiger partial charge is 0.460 e. The minimum absolute atomic E-state index is 0.0118. The van der Waals surface area contributed by atoms with Crippen molar-refractivity contribution in [2.24, 2.45) is 4.99 Å². The Morgan fingerprint density at radius 3 is 2.82 bits per heavy atom. The van der Waals surface area contributed by atoms with Gasteiger partial charge in [-0.3, -0.25) is 14.5 Å². The van der Waals surface area contributed by atoms with E-state index in [1.165, 1.54) is 6.07 Å². The average molecular weight is 343 g/mol. The van der Waals surface area contributed by atoms with Crippen LogP contribution in [0.1, 0.15) is 18.4 Å². The second-order valence-corrected chi connectivity index (χ2v) is 6.80. The minimum atomic E-state index is -3.52. The molecule has 22 heavy (non-hydrogen) atoms. The molecule has 1 aromatic rings. The first-order valence-corrected chi connectivity index (χ1v) is 8.42. The number of amidine groups is 1. The van der Waals surface area contributed by atoms with E-state index >= 15 is 0 Å². The van der Waals surface area contributed by atoms with Crippen molar-refractivity contribution in [2.45, 2.75) is 17.7 Å². The van der Waals surface area contributed by atoms with Crippen LogP contribution in [0.15, 0.2) is 45.8 Å². The van der Waals surface area contributed by atoms with Crippen molar-refractivity contribution in [1.82, 2.24) is 4.72 Å². The van der Waals surface area contributed by atoms with Gasteiger partial charge in [0.15, 0.2) is 0 Å². The quantitative estimate of drug-likeness (QED) is 0.631. The van der Waals surface area contributed by atoms with Crippen LogP contribution in [0.25, 0.3) is 0 Å². The summed E-state index contributed by atoms with van der Waals surface area (Å²) >= 11 is 5.49. The summed E-state index contributed by atoms with van der Waals surface area (Å²) in [6.45, 7) is 3.71. The van der Waals surface area contributed by atoms with Gasteiger partial charge >= 0.3 is 5.97 Å². The molecule has 2 rings (SSSR count). The highest BCUT2D eigenvalue weighted by molar-refractivity contribution is 7.90. The molecule has 0 amide bonds. The fraction of sp³-hybridized carbons (Fsp3) is 0.286. The first-order valence-electron chi connectivity index (χ1n) is 6.56. The lowest BCUT2D eigenvalue weighted by molar-refractivity contribution is -0.142. The second-order valence-electron chi connectivity index (χ2n) is 4.61. The number of halogens is 1. The molecule has 1 aliphatic rings. The van der Waals surface area contributed by atoms with Crippen LogP contribution in [0.2, 0.25) is 0 Å². The number of hydrogen-bond donors (Lipinski definition) is 1. The minimum Gasteiger partial charge on any atom is -0.460 e. The highest BCUT2D eigenvalue weighted by Gasteiger charge is 2.29. The highest BCUT2D eigenvalue weighted by atomic mass is 35.5. The standard InChI is InChI=1S/C14H15ClN2O4S/c1-10(15)9-21-13(18)7-4-8-16-14-11-5-2-3-6-12(11)22(19,20)17-14/h2-3,5-6H,1,4,7-9H2,(H,16,17). The molecule has 1 aliphatic heterocycles. The number of carbonyl (C=O) groups is 1. The third-order valence-electron chi connectivity index (χ3n) is 2.86. The number of hydrogen-bond acceptors (Lipinski definition) is 5. The van der Waals surface area contributed by atoms with Gasteiger partial charge in [0, 0.05) is 23.6 Å². The molecule has 8 heteroatoms. The van der Waals surface area contributed by atoms with Crippen LogP contribution in [-0.4, -0.2) is 33.4 Å². The van der Waals surface area contributed by atoms with Crippen molar-refractivity contribution in [3.8, 4) is 0 Å². The topological polar surface area (TPSA) is 84.8 Å². The van der Waals surface area contributed by atoms with Gasteiger partial charge < -0.3 is 4.74 Å². The van der Waals surface area contributed by atoms with Crippen molar-refractivity contribution in [2.75, 3.05) is 13.2 Å².